The van der Waals surface area contributed by atoms with Crippen molar-refractivity contribution < 1.29 is 14.5 Å². The Hall–Kier alpha value is -2.84. The Labute approximate surface area is 146 Å². The molecule has 1 aromatic rings. The second kappa shape index (κ2) is 8.86. The van der Waals surface area contributed by atoms with Crippen LogP contribution in [-0.2, 0) is 4.79 Å². The number of carbonyl (C=O) groups excluding carboxylic acids is 2. The van der Waals surface area contributed by atoms with Gasteiger partial charge in [-0.3, -0.25) is 14.9 Å². The summed E-state index contributed by atoms with van der Waals surface area (Å²) in [5, 5.41) is 16.6. The number of piperazine rings is 1. The van der Waals surface area contributed by atoms with Gasteiger partial charge in [0.05, 0.1) is 4.92 Å². The van der Waals surface area contributed by atoms with E-state index in [2.05, 4.69) is 10.6 Å². The normalized spacial score (nSPS) is 14.1. The number of hydrogen-bond donors (Lipinski definition) is 2. The number of hydrogen-bond acceptors (Lipinski definition) is 5. The lowest BCUT2D eigenvalue weighted by Crippen LogP contribution is -2.53. The summed E-state index contributed by atoms with van der Waals surface area (Å²) in [5.41, 5.74) is 0.395. The smallest absolute Gasteiger partial charge is 0.317 e. The molecule has 0 aliphatic carbocycles. The number of nitro benzene ring substituents is 1. The summed E-state index contributed by atoms with van der Waals surface area (Å²) in [5.74, 6) is -0.0263. The van der Waals surface area contributed by atoms with Crippen LogP contribution in [0.1, 0.15) is 13.3 Å². The van der Waals surface area contributed by atoms with Crippen molar-refractivity contribution in [3.63, 3.8) is 0 Å². The van der Waals surface area contributed by atoms with Crippen LogP contribution < -0.4 is 10.6 Å². The van der Waals surface area contributed by atoms with Crippen LogP contribution >= 0.6 is 0 Å². The van der Waals surface area contributed by atoms with Crippen LogP contribution in [0.25, 0.3) is 0 Å². The highest BCUT2D eigenvalue weighted by molar-refractivity contribution is 5.78. The Morgan fingerprint density at radius 3 is 2.44 bits per heavy atom. The Bertz CT molecular complexity index is 629. The molecule has 1 aromatic carbocycles. The molecule has 0 bridgehead atoms. The van der Waals surface area contributed by atoms with Crippen molar-refractivity contribution in [1.82, 2.24) is 15.1 Å². The highest BCUT2D eigenvalue weighted by Gasteiger charge is 2.23. The van der Waals surface area contributed by atoms with Gasteiger partial charge in [0, 0.05) is 51.8 Å². The van der Waals surface area contributed by atoms with Crippen LogP contribution in [-0.4, -0.2) is 65.9 Å². The Morgan fingerprint density at radius 2 is 1.80 bits per heavy atom. The molecule has 0 spiro atoms. The van der Waals surface area contributed by atoms with Gasteiger partial charge in [-0.1, -0.05) is 12.1 Å². The number of benzene rings is 1. The van der Waals surface area contributed by atoms with Crippen LogP contribution in [0.15, 0.2) is 24.3 Å². The molecule has 2 rings (SSSR count). The van der Waals surface area contributed by atoms with Gasteiger partial charge in [-0.2, -0.15) is 0 Å². The quantitative estimate of drug-likeness (QED) is 0.594. The highest BCUT2D eigenvalue weighted by atomic mass is 16.6. The van der Waals surface area contributed by atoms with Crippen molar-refractivity contribution in [1.29, 1.82) is 0 Å². The number of nitrogens with one attached hydrogen (secondary N) is 2. The largest absolute Gasteiger partial charge is 0.379 e. The third-order valence-electron chi connectivity index (χ3n) is 4.00. The van der Waals surface area contributed by atoms with Crippen molar-refractivity contribution in [2.45, 2.75) is 13.3 Å². The monoisotopic (exact) mass is 349 g/mol. The van der Waals surface area contributed by atoms with Crippen LogP contribution in [0.3, 0.4) is 0 Å². The lowest BCUT2D eigenvalue weighted by atomic mass is 10.2. The predicted molar refractivity (Wildman–Crippen MR) is 93.4 cm³/mol. The maximum atomic E-state index is 12.2. The van der Waals surface area contributed by atoms with Gasteiger partial charge in [0.1, 0.15) is 5.69 Å². The van der Waals surface area contributed by atoms with E-state index in [1.165, 1.54) is 6.07 Å². The molecule has 1 heterocycles. The summed E-state index contributed by atoms with van der Waals surface area (Å²) in [6.45, 7) is 4.78. The van der Waals surface area contributed by atoms with E-state index in [1.807, 2.05) is 6.92 Å². The molecule has 1 fully saturated rings. The number of nitro groups is 1. The molecule has 0 atom stereocenters. The molecule has 2 N–H and O–H groups in total. The van der Waals surface area contributed by atoms with Gasteiger partial charge in [0.25, 0.3) is 5.69 Å². The van der Waals surface area contributed by atoms with Crippen LogP contribution in [0.5, 0.6) is 0 Å². The molecule has 0 aromatic heterocycles. The van der Waals surface area contributed by atoms with Crippen molar-refractivity contribution in [3.05, 3.63) is 34.4 Å². The minimum atomic E-state index is -0.454. The molecular weight excluding hydrogens is 326 g/mol. The Balaban J connectivity index is 1.77. The molecule has 1 aliphatic heterocycles. The first-order chi connectivity index (χ1) is 12.0. The molecule has 3 amide bonds. The van der Waals surface area contributed by atoms with E-state index in [0.717, 1.165) is 0 Å². The maximum absolute atomic E-state index is 12.2. The molecular formula is C16H23N5O4. The zero-order chi connectivity index (χ0) is 18.2. The maximum Gasteiger partial charge on any atom is 0.317 e. The SMILES string of the molecule is CCNC(=O)N1CCN(C(=O)CCNc2ccccc2[N+](=O)[O-])CC1. The van der Waals surface area contributed by atoms with Gasteiger partial charge < -0.3 is 20.4 Å². The average molecular weight is 349 g/mol. The molecule has 25 heavy (non-hydrogen) atoms. The van der Waals surface area contributed by atoms with E-state index in [9.17, 15) is 19.7 Å². The highest BCUT2D eigenvalue weighted by Crippen LogP contribution is 2.22. The first kappa shape index (κ1) is 18.5. The molecule has 1 aliphatic rings. The number of amides is 3. The summed E-state index contributed by atoms with van der Waals surface area (Å²) in [4.78, 5) is 37.9. The van der Waals surface area contributed by atoms with Crippen molar-refractivity contribution >= 4 is 23.3 Å². The minimum absolute atomic E-state index is 0.00880. The number of anilines is 1. The summed E-state index contributed by atoms with van der Waals surface area (Å²) in [7, 11) is 0. The zero-order valence-electron chi connectivity index (χ0n) is 14.2. The second-order valence-corrected chi connectivity index (χ2v) is 5.65. The first-order valence-corrected chi connectivity index (χ1v) is 8.30. The minimum Gasteiger partial charge on any atom is -0.379 e. The Kier molecular flexibility index (Phi) is 6.55. The zero-order valence-corrected chi connectivity index (χ0v) is 14.2. The van der Waals surface area contributed by atoms with Crippen molar-refractivity contribution in [3.8, 4) is 0 Å². The van der Waals surface area contributed by atoms with Gasteiger partial charge in [0.2, 0.25) is 5.91 Å². The summed E-state index contributed by atoms with van der Waals surface area (Å²) in [6, 6.07) is 6.24. The van der Waals surface area contributed by atoms with E-state index >= 15 is 0 Å². The number of carbonyl (C=O) groups is 2. The summed E-state index contributed by atoms with van der Waals surface area (Å²) >= 11 is 0. The fraction of sp³-hybridized carbons (Fsp3) is 0.500. The van der Waals surface area contributed by atoms with Crippen molar-refractivity contribution in [2.24, 2.45) is 0 Å². The molecule has 0 radical (unpaired) electrons. The molecule has 1 saturated heterocycles. The number of rotatable bonds is 6. The topological polar surface area (TPSA) is 108 Å². The molecule has 136 valence electrons. The van der Waals surface area contributed by atoms with E-state index < -0.39 is 4.92 Å². The van der Waals surface area contributed by atoms with Gasteiger partial charge in [-0.25, -0.2) is 4.79 Å². The molecule has 0 unspecified atom stereocenters. The molecule has 9 heteroatoms. The number of nitrogens with zero attached hydrogens (tertiary/aromatic N) is 3. The molecule has 0 saturated carbocycles. The number of urea groups is 1. The van der Waals surface area contributed by atoms with E-state index in [-0.39, 0.29) is 24.0 Å². The third kappa shape index (κ3) is 5.07. The third-order valence-corrected chi connectivity index (χ3v) is 4.00. The fourth-order valence-electron chi connectivity index (χ4n) is 2.67. The average Bonchev–Trinajstić information content (AvgIpc) is 2.62. The van der Waals surface area contributed by atoms with E-state index in [1.54, 1.807) is 28.0 Å². The summed E-state index contributed by atoms with van der Waals surface area (Å²) in [6.07, 6.45) is 0.243. The fourth-order valence-corrected chi connectivity index (χ4v) is 2.67. The standard InChI is InChI=1S/C16H23N5O4/c1-2-17-16(23)20-11-9-19(10-12-20)15(22)7-8-18-13-5-3-4-6-14(13)21(24)25/h3-6,18H,2,7-12H2,1H3,(H,17,23). The van der Waals surface area contributed by atoms with Crippen molar-refractivity contribution in [2.75, 3.05) is 44.6 Å². The molecule has 9 nitrogen and oxygen atoms in total. The van der Waals surface area contributed by atoms with E-state index in [4.69, 9.17) is 0 Å². The lowest BCUT2D eigenvalue weighted by Gasteiger charge is -2.34. The van der Waals surface area contributed by atoms with E-state index in [0.29, 0.717) is 45.0 Å². The number of para-hydroxylation sites is 2. The predicted octanol–water partition coefficient (Wildman–Crippen LogP) is 1.27. The van der Waals surface area contributed by atoms with Gasteiger partial charge >= 0.3 is 6.03 Å². The van der Waals surface area contributed by atoms with Gasteiger partial charge in [-0.05, 0) is 13.0 Å². The van der Waals surface area contributed by atoms with Gasteiger partial charge in [-0.15, -0.1) is 0 Å². The van der Waals surface area contributed by atoms with Crippen LogP contribution in [0, 0.1) is 10.1 Å². The summed E-state index contributed by atoms with van der Waals surface area (Å²) < 4.78 is 0. The first-order valence-electron chi connectivity index (χ1n) is 8.30. The van der Waals surface area contributed by atoms with Gasteiger partial charge in [0.15, 0.2) is 0 Å². The van der Waals surface area contributed by atoms with Crippen LogP contribution in [0.2, 0.25) is 0 Å². The lowest BCUT2D eigenvalue weighted by molar-refractivity contribution is -0.384. The van der Waals surface area contributed by atoms with Crippen LogP contribution in [0.4, 0.5) is 16.2 Å². The Morgan fingerprint density at radius 1 is 1.16 bits per heavy atom. The second-order valence-electron chi connectivity index (χ2n) is 5.65.